The summed E-state index contributed by atoms with van der Waals surface area (Å²) in [5.74, 6) is 1.25. The van der Waals surface area contributed by atoms with E-state index in [1.54, 1.807) is 5.79 Å². The first-order valence-corrected chi connectivity index (χ1v) is 9.08. The van der Waals surface area contributed by atoms with E-state index in [-0.39, 0.29) is 11.9 Å². The van der Waals surface area contributed by atoms with Crippen molar-refractivity contribution < 1.29 is 17.2 Å². The highest BCUT2D eigenvalue weighted by molar-refractivity contribution is 6.47. The second-order valence-corrected chi connectivity index (χ2v) is 6.07. The average Bonchev–Trinajstić information content (AvgIpc) is 2.29. The Morgan fingerprint density at radius 1 is 0.833 bits per heavy atom. The van der Waals surface area contributed by atoms with Gasteiger partial charge in [-0.15, -0.1) is 0 Å². The fraction of sp³-hybridized carbons (Fsp3) is 0.846. The highest BCUT2D eigenvalue weighted by atomic mass is 27.2. The zero-order valence-electron chi connectivity index (χ0n) is 11.9. The monoisotopic (exact) mass is 272 g/mol. The Morgan fingerprint density at radius 2 is 1.22 bits per heavy atom. The molecule has 0 heterocycles. The summed E-state index contributed by atoms with van der Waals surface area (Å²) in [5.41, 5.74) is 0. The minimum atomic E-state index is -2.12. The minimum Gasteiger partial charge on any atom is -0.585 e. The van der Waals surface area contributed by atoms with Crippen LogP contribution in [-0.2, 0) is 17.2 Å². The maximum absolute atomic E-state index is 11.4. The van der Waals surface area contributed by atoms with Gasteiger partial charge in [-0.2, -0.15) is 0 Å². The Hall–Kier alpha value is -0.528. The van der Waals surface area contributed by atoms with E-state index in [2.05, 4.69) is 13.8 Å². The van der Waals surface area contributed by atoms with Crippen LogP contribution >= 0.6 is 0 Å². The Labute approximate surface area is 115 Å². The van der Waals surface area contributed by atoms with Gasteiger partial charge in [-0.05, 0) is 18.6 Å². The normalized spacial score (nSPS) is 9.94. The van der Waals surface area contributed by atoms with Gasteiger partial charge in [-0.25, -0.2) is 0 Å². The van der Waals surface area contributed by atoms with Crippen molar-refractivity contribution in [2.24, 2.45) is 0 Å². The SMILES string of the molecule is CCCCCC(=O)[O][Al]([CH3])[O]C(=O)CCCCC. The molecule has 0 aromatic carbocycles. The van der Waals surface area contributed by atoms with Crippen LogP contribution in [0.4, 0.5) is 0 Å². The molecule has 0 N–H and O–H groups in total. The Kier molecular flexibility index (Phi) is 11.2. The lowest BCUT2D eigenvalue weighted by Gasteiger charge is -2.10. The molecule has 0 saturated carbocycles. The molecule has 0 aliphatic carbocycles. The fourth-order valence-electron chi connectivity index (χ4n) is 1.55. The summed E-state index contributed by atoms with van der Waals surface area (Å²) in [6.07, 6.45) is 6.77. The maximum atomic E-state index is 11.4. The molecule has 0 bridgehead atoms. The molecular weight excluding hydrogens is 247 g/mol. The van der Waals surface area contributed by atoms with Crippen molar-refractivity contribution in [1.29, 1.82) is 0 Å². The molecular formula is C13H25AlO4. The van der Waals surface area contributed by atoms with Gasteiger partial charge in [0.15, 0.2) is 0 Å². The van der Waals surface area contributed by atoms with Crippen LogP contribution in [0.3, 0.4) is 0 Å². The lowest BCUT2D eigenvalue weighted by molar-refractivity contribution is -0.140. The van der Waals surface area contributed by atoms with Crippen molar-refractivity contribution >= 4 is 26.8 Å². The number of rotatable bonds is 10. The molecule has 104 valence electrons. The van der Waals surface area contributed by atoms with Gasteiger partial charge in [0.1, 0.15) is 0 Å². The number of unbranched alkanes of at least 4 members (excludes halogenated alkanes) is 4. The van der Waals surface area contributed by atoms with Crippen LogP contribution < -0.4 is 0 Å². The first kappa shape index (κ1) is 17.5. The predicted molar refractivity (Wildman–Crippen MR) is 72.1 cm³/mol. The van der Waals surface area contributed by atoms with E-state index in [1.165, 1.54) is 0 Å². The minimum absolute atomic E-state index is 0.232. The molecule has 0 radical (unpaired) electrons. The first-order chi connectivity index (χ1) is 8.60. The van der Waals surface area contributed by atoms with Gasteiger partial charge in [-0.3, -0.25) is 9.59 Å². The Bertz CT molecular complexity index is 219. The Balaban J connectivity index is 3.64. The highest BCUT2D eigenvalue weighted by Gasteiger charge is 2.28. The Morgan fingerprint density at radius 3 is 1.56 bits per heavy atom. The highest BCUT2D eigenvalue weighted by Crippen LogP contribution is 2.04. The second kappa shape index (κ2) is 11.6. The van der Waals surface area contributed by atoms with E-state index < -0.39 is 14.8 Å². The second-order valence-electron chi connectivity index (χ2n) is 4.46. The molecule has 0 saturated heterocycles. The molecule has 0 spiro atoms. The number of carbonyl (C=O) groups excluding carboxylic acids is 2. The molecule has 0 aliphatic heterocycles. The van der Waals surface area contributed by atoms with E-state index in [0.717, 1.165) is 38.5 Å². The summed E-state index contributed by atoms with van der Waals surface area (Å²) in [5, 5.41) is 0. The molecule has 0 rings (SSSR count). The topological polar surface area (TPSA) is 52.6 Å². The molecule has 0 fully saturated rings. The van der Waals surface area contributed by atoms with Gasteiger partial charge < -0.3 is 7.58 Å². The third-order valence-electron chi connectivity index (χ3n) is 2.56. The summed E-state index contributed by atoms with van der Waals surface area (Å²) in [6.45, 7) is 4.17. The average molecular weight is 272 g/mol. The van der Waals surface area contributed by atoms with Crippen LogP contribution in [0.15, 0.2) is 0 Å². The van der Waals surface area contributed by atoms with Gasteiger partial charge in [0.2, 0.25) is 0 Å². The van der Waals surface area contributed by atoms with Gasteiger partial charge in [-0.1, -0.05) is 39.5 Å². The predicted octanol–water partition coefficient (Wildman–Crippen LogP) is 3.35. The maximum Gasteiger partial charge on any atom is 0.857 e. The molecule has 0 atom stereocenters. The third kappa shape index (κ3) is 10.6. The van der Waals surface area contributed by atoms with Crippen LogP contribution in [0.2, 0.25) is 5.79 Å². The van der Waals surface area contributed by atoms with Crippen molar-refractivity contribution in [1.82, 2.24) is 0 Å². The molecule has 0 aliphatic rings. The summed E-state index contributed by atoms with van der Waals surface area (Å²) >= 11 is -2.12. The van der Waals surface area contributed by atoms with E-state index in [4.69, 9.17) is 7.58 Å². The van der Waals surface area contributed by atoms with Crippen LogP contribution in [0, 0.1) is 0 Å². The first-order valence-electron chi connectivity index (χ1n) is 6.99. The van der Waals surface area contributed by atoms with Crippen molar-refractivity contribution in [3.05, 3.63) is 0 Å². The van der Waals surface area contributed by atoms with Crippen molar-refractivity contribution in [3.8, 4) is 0 Å². The zero-order valence-corrected chi connectivity index (χ0v) is 13.0. The van der Waals surface area contributed by atoms with Crippen LogP contribution in [0.25, 0.3) is 0 Å². The van der Waals surface area contributed by atoms with Gasteiger partial charge in [0.25, 0.3) is 11.9 Å². The summed E-state index contributed by atoms with van der Waals surface area (Å²) in [4.78, 5) is 22.8. The van der Waals surface area contributed by atoms with E-state index in [1.807, 2.05) is 0 Å². The van der Waals surface area contributed by atoms with Crippen molar-refractivity contribution in [2.45, 2.75) is 71.0 Å². The lowest BCUT2D eigenvalue weighted by atomic mass is 10.2. The lowest BCUT2D eigenvalue weighted by Crippen LogP contribution is -2.26. The largest absolute Gasteiger partial charge is 0.857 e. The fourth-order valence-corrected chi connectivity index (χ4v) is 2.58. The van der Waals surface area contributed by atoms with Crippen molar-refractivity contribution in [2.75, 3.05) is 0 Å². The number of hydrogen-bond acceptors (Lipinski definition) is 4. The standard InChI is InChI=1S/2C6H12O2.CH3.Al/c2*1-2-3-4-5-6(7)8;;/h2*2-5H2,1H3,(H,7,8);1H3;/q;;;+2/p-2. The molecule has 4 nitrogen and oxygen atoms in total. The van der Waals surface area contributed by atoms with Gasteiger partial charge >= 0.3 is 14.8 Å². The van der Waals surface area contributed by atoms with Gasteiger partial charge in [0, 0.05) is 12.8 Å². The van der Waals surface area contributed by atoms with E-state index in [9.17, 15) is 9.59 Å². The van der Waals surface area contributed by atoms with Crippen LogP contribution in [0.5, 0.6) is 0 Å². The summed E-state index contributed by atoms with van der Waals surface area (Å²) in [7, 11) is 0. The van der Waals surface area contributed by atoms with Crippen LogP contribution in [0.1, 0.15) is 65.2 Å². The quantitative estimate of drug-likeness (QED) is 0.452. The van der Waals surface area contributed by atoms with Crippen molar-refractivity contribution in [3.63, 3.8) is 0 Å². The van der Waals surface area contributed by atoms with E-state index in [0.29, 0.717) is 12.8 Å². The summed E-state index contributed by atoms with van der Waals surface area (Å²) in [6, 6.07) is 0. The van der Waals surface area contributed by atoms with E-state index >= 15 is 0 Å². The third-order valence-corrected chi connectivity index (χ3v) is 3.75. The van der Waals surface area contributed by atoms with Crippen LogP contribution in [-0.4, -0.2) is 26.8 Å². The molecule has 0 unspecified atom stereocenters. The summed E-state index contributed by atoms with van der Waals surface area (Å²) < 4.78 is 10.3. The zero-order chi connectivity index (χ0) is 13.8. The molecule has 0 aromatic rings. The van der Waals surface area contributed by atoms with Gasteiger partial charge in [0.05, 0.1) is 0 Å². The number of carbonyl (C=O) groups is 2. The molecule has 0 amide bonds. The number of hydrogen-bond donors (Lipinski definition) is 0. The smallest absolute Gasteiger partial charge is 0.585 e. The molecule has 5 heteroatoms. The molecule has 18 heavy (non-hydrogen) atoms. The molecule has 0 aromatic heterocycles.